The summed E-state index contributed by atoms with van der Waals surface area (Å²) in [5.41, 5.74) is 3.66. The van der Waals surface area contributed by atoms with E-state index >= 15 is 0 Å². The van der Waals surface area contributed by atoms with Gasteiger partial charge < -0.3 is 10.1 Å². The molecule has 2 aromatic carbocycles. The number of anilines is 1. The maximum atomic E-state index is 13.1. The van der Waals surface area contributed by atoms with Crippen molar-refractivity contribution in [1.82, 2.24) is 24.4 Å². The molecule has 3 heterocycles. The van der Waals surface area contributed by atoms with Crippen LogP contribution in [0.3, 0.4) is 0 Å². The van der Waals surface area contributed by atoms with E-state index in [1.54, 1.807) is 16.9 Å². The molecule has 5 rings (SSSR count). The van der Waals surface area contributed by atoms with Gasteiger partial charge >= 0.3 is 0 Å². The highest BCUT2D eigenvalue weighted by Crippen LogP contribution is 2.32. The van der Waals surface area contributed by atoms with E-state index in [9.17, 15) is 14.9 Å². The minimum absolute atomic E-state index is 0.0829. The molecule has 5 aromatic rings. The van der Waals surface area contributed by atoms with Crippen molar-refractivity contribution in [2.75, 3.05) is 5.32 Å². The first-order valence-corrected chi connectivity index (χ1v) is 12.4. The molecule has 0 bridgehead atoms. The Labute approximate surface area is 225 Å². The van der Waals surface area contributed by atoms with E-state index in [4.69, 9.17) is 4.74 Å². The van der Waals surface area contributed by atoms with Gasteiger partial charge in [-0.2, -0.15) is 10.2 Å². The number of hydrogen-bond acceptors (Lipinski definition) is 7. The number of carbonyl (C=O) groups is 1. The van der Waals surface area contributed by atoms with E-state index in [0.717, 1.165) is 15.6 Å². The van der Waals surface area contributed by atoms with Crippen molar-refractivity contribution >= 4 is 38.9 Å². The highest BCUT2D eigenvalue weighted by Gasteiger charge is 2.19. The number of carbonyl (C=O) groups excluding carboxylic acids is 1. The molecular formula is C26H22BrN7O4. The molecule has 12 heteroatoms. The van der Waals surface area contributed by atoms with E-state index in [-0.39, 0.29) is 22.8 Å². The van der Waals surface area contributed by atoms with E-state index in [1.807, 2.05) is 45.2 Å². The predicted molar refractivity (Wildman–Crippen MR) is 145 cm³/mol. The monoisotopic (exact) mass is 575 g/mol. The maximum Gasteiger partial charge on any atom is 0.276 e. The average molecular weight is 576 g/mol. The quantitative estimate of drug-likeness (QED) is 0.187. The van der Waals surface area contributed by atoms with Gasteiger partial charge in [-0.05, 0) is 60.0 Å². The standard InChI is InChI=1S/C26H22BrN7O4/c1-4-32-14-20(27)25(31-32)22-7-8-28-24-13-21(30-33(22)24)26(35)29-17-10-18(34(36)37)12-19(11-17)38-23-9-15(2)5-6-16(23)3/h5-14H,4H2,1-3H3,(H,29,35). The molecule has 0 spiro atoms. The average Bonchev–Trinajstić information content (AvgIpc) is 3.49. The van der Waals surface area contributed by atoms with Gasteiger partial charge in [-0.25, -0.2) is 9.50 Å². The molecule has 0 radical (unpaired) electrons. The Morgan fingerprint density at radius 2 is 1.95 bits per heavy atom. The number of benzene rings is 2. The molecule has 0 aliphatic carbocycles. The molecule has 11 nitrogen and oxygen atoms in total. The molecule has 0 aliphatic rings. The number of ether oxygens (including phenoxy) is 1. The van der Waals surface area contributed by atoms with Crippen LogP contribution in [-0.2, 0) is 6.54 Å². The van der Waals surface area contributed by atoms with Gasteiger partial charge in [0.05, 0.1) is 26.8 Å². The van der Waals surface area contributed by atoms with Gasteiger partial charge in [0.2, 0.25) is 0 Å². The van der Waals surface area contributed by atoms with Crippen LogP contribution in [0.2, 0.25) is 0 Å². The maximum absolute atomic E-state index is 13.1. The van der Waals surface area contributed by atoms with E-state index < -0.39 is 10.8 Å². The minimum atomic E-state index is -0.558. The fourth-order valence-corrected chi connectivity index (χ4v) is 4.40. The highest BCUT2D eigenvalue weighted by atomic mass is 79.9. The van der Waals surface area contributed by atoms with E-state index in [1.165, 1.54) is 28.8 Å². The van der Waals surface area contributed by atoms with Gasteiger partial charge in [-0.15, -0.1) is 0 Å². The lowest BCUT2D eigenvalue weighted by Gasteiger charge is -2.11. The SMILES string of the molecule is CCn1cc(Br)c(-c2ccnc3cc(C(=O)Nc4cc(Oc5cc(C)ccc5C)cc([N+](=O)[O-])c4)nn23)n1. The molecular weight excluding hydrogens is 554 g/mol. The van der Waals surface area contributed by atoms with E-state index in [0.29, 0.717) is 29.3 Å². The Hall–Kier alpha value is -4.58. The van der Waals surface area contributed by atoms with Gasteiger partial charge in [0.25, 0.3) is 11.6 Å². The first-order chi connectivity index (χ1) is 18.2. The van der Waals surface area contributed by atoms with Crippen molar-refractivity contribution in [3.63, 3.8) is 0 Å². The molecule has 0 saturated heterocycles. The van der Waals surface area contributed by atoms with E-state index in [2.05, 4.69) is 36.4 Å². The molecule has 0 fully saturated rings. The summed E-state index contributed by atoms with van der Waals surface area (Å²) in [6, 6.07) is 13.1. The number of aromatic nitrogens is 5. The van der Waals surface area contributed by atoms with Crippen molar-refractivity contribution in [1.29, 1.82) is 0 Å². The number of nitrogens with zero attached hydrogens (tertiary/aromatic N) is 6. The first kappa shape index (κ1) is 25.1. The second-order valence-corrected chi connectivity index (χ2v) is 9.46. The van der Waals surface area contributed by atoms with Crippen LogP contribution in [-0.4, -0.2) is 35.2 Å². The molecule has 1 amide bonds. The zero-order valence-corrected chi connectivity index (χ0v) is 22.3. The number of amides is 1. The van der Waals surface area contributed by atoms with Gasteiger partial charge in [0.1, 0.15) is 17.2 Å². The third kappa shape index (κ3) is 4.98. The van der Waals surface area contributed by atoms with Crippen LogP contribution in [0.25, 0.3) is 17.0 Å². The van der Waals surface area contributed by atoms with Gasteiger partial charge in [-0.3, -0.25) is 19.6 Å². The van der Waals surface area contributed by atoms with Gasteiger partial charge in [-0.1, -0.05) is 12.1 Å². The lowest BCUT2D eigenvalue weighted by molar-refractivity contribution is -0.384. The Morgan fingerprint density at radius 1 is 1.13 bits per heavy atom. The van der Waals surface area contributed by atoms with Crippen LogP contribution in [0.1, 0.15) is 28.5 Å². The molecule has 0 unspecified atom stereocenters. The van der Waals surface area contributed by atoms with Crippen LogP contribution >= 0.6 is 15.9 Å². The van der Waals surface area contributed by atoms with Crippen LogP contribution in [0.4, 0.5) is 11.4 Å². The van der Waals surface area contributed by atoms with Crippen LogP contribution < -0.4 is 10.1 Å². The van der Waals surface area contributed by atoms with Crippen molar-refractivity contribution in [3.05, 3.63) is 92.3 Å². The Morgan fingerprint density at radius 3 is 2.68 bits per heavy atom. The van der Waals surface area contributed by atoms with Gasteiger partial charge in [0, 0.05) is 37.1 Å². The summed E-state index contributed by atoms with van der Waals surface area (Å²) in [4.78, 5) is 28.5. The zero-order chi connectivity index (χ0) is 27.0. The summed E-state index contributed by atoms with van der Waals surface area (Å²) in [5, 5.41) is 23.3. The minimum Gasteiger partial charge on any atom is -0.457 e. The Kier molecular flexibility index (Phi) is 6.64. The summed E-state index contributed by atoms with van der Waals surface area (Å²) in [6.45, 7) is 6.48. The molecule has 0 atom stereocenters. The fourth-order valence-electron chi connectivity index (χ4n) is 3.88. The zero-order valence-electron chi connectivity index (χ0n) is 20.7. The number of nitrogens with one attached hydrogen (secondary N) is 1. The number of fused-ring (bicyclic) bond motifs is 1. The molecule has 0 aliphatic heterocycles. The molecule has 1 N–H and O–H groups in total. The lowest BCUT2D eigenvalue weighted by atomic mass is 10.1. The molecule has 3 aromatic heterocycles. The second kappa shape index (κ2) is 10.1. The summed E-state index contributed by atoms with van der Waals surface area (Å²) in [5.74, 6) is 0.231. The van der Waals surface area contributed by atoms with Crippen LogP contribution in [0.15, 0.2) is 65.4 Å². The molecule has 0 saturated carbocycles. The third-order valence-electron chi connectivity index (χ3n) is 5.81. The molecule has 192 valence electrons. The van der Waals surface area contributed by atoms with Crippen molar-refractivity contribution < 1.29 is 14.5 Å². The van der Waals surface area contributed by atoms with Crippen LogP contribution in [0, 0.1) is 24.0 Å². The number of nitro groups is 1. The largest absolute Gasteiger partial charge is 0.457 e. The Bertz CT molecular complexity index is 1710. The number of aryl methyl sites for hydroxylation is 3. The summed E-state index contributed by atoms with van der Waals surface area (Å²) in [7, 11) is 0. The third-order valence-corrected chi connectivity index (χ3v) is 6.39. The number of halogens is 1. The van der Waals surface area contributed by atoms with Crippen molar-refractivity contribution in [2.24, 2.45) is 0 Å². The first-order valence-electron chi connectivity index (χ1n) is 11.7. The topological polar surface area (TPSA) is 129 Å². The number of nitro benzene ring substituents is 1. The summed E-state index contributed by atoms with van der Waals surface area (Å²) < 4.78 is 10.0. The predicted octanol–water partition coefficient (Wildman–Crippen LogP) is 5.94. The molecule has 38 heavy (non-hydrogen) atoms. The van der Waals surface area contributed by atoms with Gasteiger partial charge in [0.15, 0.2) is 11.3 Å². The smallest absolute Gasteiger partial charge is 0.276 e. The van der Waals surface area contributed by atoms with Crippen LogP contribution in [0.5, 0.6) is 11.5 Å². The number of non-ortho nitro benzene ring substituents is 1. The highest BCUT2D eigenvalue weighted by molar-refractivity contribution is 9.10. The summed E-state index contributed by atoms with van der Waals surface area (Å²) >= 11 is 3.53. The second-order valence-electron chi connectivity index (χ2n) is 8.61. The number of rotatable bonds is 7. The van der Waals surface area contributed by atoms with Crippen molar-refractivity contribution in [3.8, 4) is 22.9 Å². The lowest BCUT2D eigenvalue weighted by Crippen LogP contribution is -2.13. The Balaban J connectivity index is 1.46. The fraction of sp³-hybridized carbons (Fsp3) is 0.154. The number of hydrogen-bond donors (Lipinski definition) is 1. The summed E-state index contributed by atoms with van der Waals surface area (Å²) in [6.07, 6.45) is 3.47. The normalized spacial score (nSPS) is 11.1. The van der Waals surface area contributed by atoms with Crippen molar-refractivity contribution in [2.45, 2.75) is 27.3 Å².